The van der Waals surface area contributed by atoms with E-state index in [1.807, 2.05) is 23.1 Å². The summed E-state index contributed by atoms with van der Waals surface area (Å²) < 4.78 is 5.37. The van der Waals surface area contributed by atoms with Crippen molar-refractivity contribution in [2.45, 2.75) is 38.3 Å². The lowest BCUT2D eigenvalue weighted by Gasteiger charge is -2.26. The van der Waals surface area contributed by atoms with Crippen molar-refractivity contribution < 1.29 is 9.53 Å². The van der Waals surface area contributed by atoms with Crippen LogP contribution in [0.5, 0.6) is 5.75 Å². The first-order valence-corrected chi connectivity index (χ1v) is 6.81. The topological polar surface area (TPSA) is 55.6 Å². The fraction of sp³-hybridized carbons (Fsp3) is 0.533. The molecule has 1 amide bonds. The lowest BCUT2D eigenvalue weighted by molar-refractivity contribution is -0.132. The van der Waals surface area contributed by atoms with E-state index in [4.69, 9.17) is 10.5 Å². The van der Waals surface area contributed by atoms with Crippen molar-refractivity contribution in [1.82, 2.24) is 4.90 Å². The Morgan fingerprint density at radius 3 is 2.95 bits per heavy atom. The van der Waals surface area contributed by atoms with Gasteiger partial charge in [-0.2, -0.15) is 0 Å². The number of benzene rings is 1. The Morgan fingerprint density at radius 1 is 1.53 bits per heavy atom. The molecule has 0 bridgehead atoms. The van der Waals surface area contributed by atoms with Crippen LogP contribution in [0.3, 0.4) is 0 Å². The van der Waals surface area contributed by atoms with E-state index in [1.54, 1.807) is 14.0 Å². The number of amides is 1. The zero-order valence-corrected chi connectivity index (χ0v) is 11.6. The minimum atomic E-state index is -0.418. The van der Waals surface area contributed by atoms with Crippen LogP contribution in [0.15, 0.2) is 24.3 Å². The van der Waals surface area contributed by atoms with Crippen molar-refractivity contribution in [3.63, 3.8) is 0 Å². The summed E-state index contributed by atoms with van der Waals surface area (Å²) in [5.74, 6) is 0.944. The van der Waals surface area contributed by atoms with Gasteiger partial charge in [-0.1, -0.05) is 18.2 Å². The smallest absolute Gasteiger partial charge is 0.239 e. The van der Waals surface area contributed by atoms with Crippen LogP contribution in [0.4, 0.5) is 0 Å². The van der Waals surface area contributed by atoms with E-state index < -0.39 is 6.04 Å². The minimum Gasteiger partial charge on any atom is -0.496 e. The molecule has 1 heterocycles. The molecule has 4 heteroatoms. The van der Waals surface area contributed by atoms with Crippen molar-refractivity contribution in [3.8, 4) is 5.75 Å². The maximum Gasteiger partial charge on any atom is 0.239 e. The fourth-order valence-electron chi connectivity index (χ4n) is 2.73. The quantitative estimate of drug-likeness (QED) is 0.896. The second-order valence-electron chi connectivity index (χ2n) is 5.13. The highest BCUT2D eigenvalue weighted by molar-refractivity contribution is 5.81. The molecule has 1 aromatic rings. The van der Waals surface area contributed by atoms with Crippen LogP contribution in [0.2, 0.25) is 0 Å². The Morgan fingerprint density at radius 2 is 2.26 bits per heavy atom. The number of likely N-dealkylation sites (tertiary alicyclic amines) is 1. The SMILES string of the molecule is COc1ccccc1CC1CCCN1C(=O)[C@H](C)N. The first-order chi connectivity index (χ1) is 9.13. The molecule has 1 saturated heterocycles. The van der Waals surface area contributed by atoms with Crippen LogP contribution >= 0.6 is 0 Å². The number of methoxy groups -OCH3 is 1. The largest absolute Gasteiger partial charge is 0.496 e. The summed E-state index contributed by atoms with van der Waals surface area (Å²) in [6.07, 6.45) is 2.93. The summed E-state index contributed by atoms with van der Waals surface area (Å²) in [6, 6.07) is 7.81. The maximum absolute atomic E-state index is 12.1. The summed E-state index contributed by atoms with van der Waals surface area (Å²) in [5.41, 5.74) is 6.86. The lowest BCUT2D eigenvalue weighted by atomic mass is 10.0. The number of nitrogens with zero attached hydrogens (tertiary/aromatic N) is 1. The van der Waals surface area contributed by atoms with Gasteiger partial charge >= 0.3 is 0 Å². The van der Waals surface area contributed by atoms with Crippen LogP contribution in [-0.4, -0.2) is 36.5 Å². The van der Waals surface area contributed by atoms with E-state index in [2.05, 4.69) is 6.07 Å². The minimum absolute atomic E-state index is 0.0531. The number of ether oxygens (including phenoxy) is 1. The van der Waals surface area contributed by atoms with Crippen molar-refractivity contribution in [1.29, 1.82) is 0 Å². The third-order valence-electron chi connectivity index (χ3n) is 3.70. The molecular weight excluding hydrogens is 240 g/mol. The van der Waals surface area contributed by atoms with Crippen LogP contribution < -0.4 is 10.5 Å². The van der Waals surface area contributed by atoms with E-state index in [-0.39, 0.29) is 11.9 Å². The van der Waals surface area contributed by atoms with Crippen molar-refractivity contribution in [2.24, 2.45) is 5.73 Å². The Labute approximate surface area is 114 Å². The molecule has 19 heavy (non-hydrogen) atoms. The molecule has 1 aromatic carbocycles. The number of hydrogen-bond acceptors (Lipinski definition) is 3. The molecule has 0 spiro atoms. The lowest BCUT2D eigenvalue weighted by Crippen LogP contribution is -2.45. The van der Waals surface area contributed by atoms with Gasteiger partial charge in [0, 0.05) is 12.6 Å². The number of nitrogens with two attached hydrogens (primary N) is 1. The van der Waals surface area contributed by atoms with Gasteiger partial charge in [0.25, 0.3) is 0 Å². The van der Waals surface area contributed by atoms with E-state index in [1.165, 1.54) is 0 Å². The number of hydrogen-bond donors (Lipinski definition) is 1. The monoisotopic (exact) mass is 262 g/mol. The second kappa shape index (κ2) is 6.06. The van der Waals surface area contributed by atoms with E-state index in [9.17, 15) is 4.79 Å². The molecule has 0 radical (unpaired) electrons. The summed E-state index contributed by atoms with van der Waals surface area (Å²) in [7, 11) is 1.68. The molecule has 0 aliphatic carbocycles. The Kier molecular flexibility index (Phi) is 4.43. The van der Waals surface area contributed by atoms with Gasteiger partial charge in [0.05, 0.1) is 13.2 Å². The molecule has 2 N–H and O–H groups in total. The molecule has 0 saturated carbocycles. The number of carbonyl (C=O) groups excluding carboxylic acids is 1. The van der Waals surface area contributed by atoms with Gasteiger partial charge in [0.2, 0.25) is 5.91 Å². The van der Waals surface area contributed by atoms with Gasteiger partial charge < -0.3 is 15.4 Å². The van der Waals surface area contributed by atoms with E-state index in [0.29, 0.717) is 0 Å². The molecule has 1 aliphatic heterocycles. The summed E-state index contributed by atoms with van der Waals surface area (Å²) in [4.78, 5) is 14.0. The average molecular weight is 262 g/mol. The second-order valence-corrected chi connectivity index (χ2v) is 5.13. The summed E-state index contributed by atoms with van der Waals surface area (Å²) in [6.45, 7) is 2.57. The van der Waals surface area contributed by atoms with Crippen LogP contribution in [0.25, 0.3) is 0 Å². The molecule has 2 rings (SSSR count). The van der Waals surface area contributed by atoms with Gasteiger partial charge in [0.15, 0.2) is 0 Å². The molecule has 4 nitrogen and oxygen atoms in total. The van der Waals surface area contributed by atoms with Crippen molar-refractivity contribution >= 4 is 5.91 Å². The Bertz CT molecular complexity index is 446. The molecule has 2 atom stereocenters. The zero-order valence-electron chi connectivity index (χ0n) is 11.6. The number of para-hydroxylation sites is 1. The summed E-state index contributed by atoms with van der Waals surface area (Å²) >= 11 is 0. The van der Waals surface area contributed by atoms with Crippen molar-refractivity contribution in [3.05, 3.63) is 29.8 Å². The number of rotatable bonds is 4. The van der Waals surface area contributed by atoms with Crippen LogP contribution in [0.1, 0.15) is 25.3 Å². The highest BCUT2D eigenvalue weighted by Crippen LogP contribution is 2.26. The first kappa shape index (κ1) is 13.9. The fourth-order valence-corrected chi connectivity index (χ4v) is 2.73. The van der Waals surface area contributed by atoms with Gasteiger partial charge in [-0.15, -0.1) is 0 Å². The maximum atomic E-state index is 12.1. The third-order valence-corrected chi connectivity index (χ3v) is 3.70. The normalized spacial score (nSPS) is 20.4. The third kappa shape index (κ3) is 3.07. The standard InChI is InChI=1S/C15H22N2O2/c1-11(16)15(18)17-9-5-7-13(17)10-12-6-3-4-8-14(12)19-2/h3-4,6,8,11,13H,5,7,9-10,16H2,1-2H3/t11-,13?/m0/s1. The highest BCUT2D eigenvalue weighted by Gasteiger charge is 2.30. The Hall–Kier alpha value is -1.55. The van der Waals surface area contributed by atoms with E-state index in [0.717, 1.165) is 37.1 Å². The predicted octanol–water partition coefficient (Wildman–Crippen LogP) is 1.58. The Balaban J connectivity index is 2.11. The van der Waals surface area contributed by atoms with Gasteiger partial charge in [0.1, 0.15) is 5.75 Å². The molecule has 0 aromatic heterocycles. The average Bonchev–Trinajstić information content (AvgIpc) is 2.86. The summed E-state index contributed by atoms with van der Waals surface area (Å²) in [5, 5.41) is 0. The molecule has 1 unspecified atom stereocenters. The molecule has 1 aliphatic rings. The first-order valence-electron chi connectivity index (χ1n) is 6.81. The highest BCUT2D eigenvalue weighted by atomic mass is 16.5. The predicted molar refractivity (Wildman–Crippen MR) is 75.1 cm³/mol. The number of carbonyl (C=O) groups is 1. The van der Waals surface area contributed by atoms with Gasteiger partial charge in [-0.25, -0.2) is 0 Å². The van der Waals surface area contributed by atoms with Crippen molar-refractivity contribution in [2.75, 3.05) is 13.7 Å². The molecule has 1 fully saturated rings. The van der Waals surface area contributed by atoms with Gasteiger partial charge in [-0.3, -0.25) is 4.79 Å². The van der Waals surface area contributed by atoms with Crippen LogP contribution in [0, 0.1) is 0 Å². The van der Waals surface area contributed by atoms with Gasteiger partial charge in [-0.05, 0) is 37.8 Å². The molecular formula is C15H22N2O2. The van der Waals surface area contributed by atoms with Crippen LogP contribution in [-0.2, 0) is 11.2 Å². The van der Waals surface area contributed by atoms with E-state index >= 15 is 0 Å². The molecule has 104 valence electrons. The zero-order chi connectivity index (χ0) is 13.8.